The van der Waals surface area contributed by atoms with Crippen LogP contribution in [-0.2, 0) is 31.2 Å². The van der Waals surface area contributed by atoms with E-state index in [2.05, 4.69) is 26.6 Å². The van der Waals surface area contributed by atoms with E-state index in [0.717, 1.165) is 25.0 Å². The lowest BCUT2D eigenvalue weighted by Crippen LogP contribution is -2.26. The Morgan fingerprint density at radius 2 is 2.13 bits per heavy atom. The van der Waals surface area contributed by atoms with Gasteiger partial charge in [-0.25, -0.2) is 0 Å². The number of nitrogens with zero attached hydrogens (tertiary/aromatic N) is 4. The molecule has 1 amide bonds. The highest BCUT2D eigenvalue weighted by Gasteiger charge is 2.39. The molecule has 0 saturated carbocycles. The molecule has 0 atom stereocenters. The van der Waals surface area contributed by atoms with Crippen LogP contribution in [0, 0.1) is 12.3 Å². The highest BCUT2D eigenvalue weighted by atomic mass is 16.1. The third-order valence-corrected chi connectivity index (χ3v) is 4.71. The van der Waals surface area contributed by atoms with E-state index in [1.165, 1.54) is 24.1 Å². The van der Waals surface area contributed by atoms with E-state index in [1.54, 1.807) is 0 Å². The zero-order valence-corrected chi connectivity index (χ0v) is 13.6. The van der Waals surface area contributed by atoms with Crippen LogP contribution in [0.3, 0.4) is 0 Å². The van der Waals surface area contributed by atoms with E-state index >= 15 is 0 Å². The predicted octanol–water partition coefficient (Wildman–Crippen LogP) is 2.27. The maximum atomic E-state index is 12.1. The van der Waals surface area contributed by atoms with Crippen molar-refractivity contribution in [3.63, 3.8) is 0 Å². The van der Waals surface area contributed by atoms with Gasteiger partial charge >= 0.3 is 0 Å². The second kappa shape index (κ2) is 6.53. The van der Waals surface area contributed by atoms with E-state index in [1.807, 2.05) is 11.7 Å². The number of nitrogens with one attached hydrogen (secondary N) is 1. The van der Waals surface area contributed by atoms with Crippen molar-refractivity contribution < 1.29 is 4.79 Å². The van der Waals surface area contributed by atoms with Gasteiger partial charge in [0, 0.05) is 32.7 Å². The normalized spacial score (nSPS) is 17.4. The molecule has 0 aromatic carbocycles. The van der Waals surface area contributed by atoms with Crippen LogP contribution in [0.25, 0.3) is 0 Å². The maximum Gasteiger partial charge on any atom is 0.220 e. The molecule has 2 heterocycles. The second-order valence-corrected chi connectivity index (χ2v) is 6.37. The molecule has 1 aromatic rings. The van der Waals surface area contributed by atoms with Crippen molar-refractivity contribution in [2.45, 2.75) is 63.6 Å². The molecule has 1 aromatic heterocycles. The summed E-state index contributed by atoms with van der Waals surface area (Å²) >= 11 is 0. The first-order chi connectivity index (χ1) is 11.1. The number of hydrogen-bond donors (Lipinski definition) is 1. The average molecular weight is 313 g/mol. The number of aryl methyl sites for hydroxylation is 2. The highest BCUT2D eigenvalue weighted by molar-refractivity contribution is 5.76. The molecule has 0 unspecified atom stereocenters. The van der Waals surface area contributed by atoms with Crippen molar-refractivity contribution in [1.29, 1.82) is 0 Å². The van der Waals surface area contributed by atoms with Crippen LogP contribution in [0.1, 0.15) is 55.5 Å². The molecule has 6 heteroatoms. The van der Waals surface area contributed by atoms with Crippen molar-refractivity contribution >= 4 is 5.91 Å². The lowest BCUT2D eigenvalue weighted by Gasteiger charge is -2.12. The fourth-order valence-electron chi connectivity index (χ4n) is 3.22. The molecule has 0 bridgehead atoms. The van der Waals surface area contributed by atoms with Crippen molar-refractivity contribution in [3.8, 4) is 12.3 Å². The number of terminal acetylenes is 1. The van der Waals surface area contributed by atoms with E-state index in [4.69, 9.17) is 6.42 Å². The summed E-state index contributed by atoms with van der Waals surface area (Å²) < 4.78 is 1.91. The van der Waals surface area contributed by atoms with Crippen LogP contribution >= 0.6 is 0 Å². The van der Waals surface area contributed by atoms with Crippen LogP contribution in [0.4, 0.5) is 0 Å². The highest BCUT2D eigenvalue weighted by Crippen LogP contribution is 2.37. The van der Waals surface area contributed by atoms with Gasteiger partial charge in [-0.2, -0.15) is 15.3 Å². The van der Waals surface area contributed by atoms with Gasteiger partial charge in [-0.1, -0.05) is 0 Å². The zero-order valence-electron chi connectivity index (χ0n) is 13.6. The zero-order chi connectivity index (χ0) is 16.3. The molecular weight excluding hydrogens is 290 g/mol. The molecule has 1 aliphatic carbocycles. The molecule has 0 spiro atoms. The van der Waals surface area contributed by atoms with Gasteiger partial charge in [-0.3, -0.25) is 9.48 Å². The van der Waals surface area contributed by atoms with Gasteiger partial charge in [0.25, 0.3) is 0 Å². The first kappa shape index (κ1) is 15.7. The third-order valence-electron chi connectivity index (χ3n) is 4.71. The molecule has 1 aliphatic heterocycles. The number of rotatable bonds is 7. The monoisotopic (exact) mass is 313 g/mol. The van der Waals surface area contributed by atoms with Crippen LogP contribution in [0.2, 0.25) is 0 Å². The molecule has 3 rings (SSSR count). The second-order valence-electron chi connectivity index (χ2n) is 6.37. The Labute approximate surface area is 136 Å². The molecule has 1 N–H and O–H groups in total. The quantitative estimate of drug-likeness (QED) is 0.784. The summed E-state index contributed by atoms with van der Waals surface area (Å²) in [6.07, 6.45) is 12.3. The minimum absolute atomic E-state index is 0.0353. The van der Waals surface area contributed by atoms with Gasteiger partial charge in [0.1, 0.15) is 0 Å². The van der Waals surface area contributed by atoms with Gasteiger partial charge in [-0.05, 0) is 31.2 Å². The summed E-state index contributed by atoms with van der Waals surface area (Å²) in [7, 11) is 1.95. The number of carbonyl (C=O) groups is 1. The molecule has 122 valence electrons. The molecule has 23 heavy (non-hydrogen) atoms. The van der Waals surface area contributed by atoms with Crippen LogP contribution in [0.5, 0.6) is 0 Å². The van der Waals surface area contributed by atoms with Gasteiger partial charge < -0.3 is 5.32 Å². The Bertz CT molecular complexity index is 661. The molecule has 0 fully saturated rings. The Morgan fingerprint density at radius 3 is 2.87 bits per heavy atom. The summed E-state index contributed by atoms with van der Waals surface area (Å²) in [5.41, 5.74) is 3.29. The molecule has 6 nitrogen and oxygen atoms in total. The molecule has 2 aliphatic rings. The fraction of sp³-hybridized carbons (Fsp3) is 0.647. The number of hydrogen-bond acceptors (Lipinski definition) is 4. The van der Waals surface area contributed by atoms with Crippen LogP contribution < -0.4 is 5.32 Å². The summed E-state index contributed by atoms with van der Waals surface area (Å²) in [4.78, 5) is 12.1. The SMILES string of the molecule is C#CCCC1(CCC(=O)NCc2c3c(nn2C)CCCC3)N=N1. The van der Waals surface area contributed by atoms with Gasteiger partial charge in [-0.15, -0.1) is 12.3 Å². The first-order valence-corrected chi connectivity index (χ1v) is 8.31. The number of amides is 1. The van der Waals surface area contributed by atoms with Gasteiger partial charge in [0.05, 0.1) is 17.9 Å². The van der Waals surface area contributed by atoms with E-state index in [-0.39, 0.29) is 11.6 Å². The van der Waals surface area contributed by atoms with E-state index in [0.29, 0.717) is 25.8 Å². The molecular formula is C17H23N5O. The third kappa shape index (κ3) is 3.61. The maximum absolute atomic E-state index is 12.1. The lowest BCUT2D eigenvalue weighted by molar-refractivity contribution is -0.121. The van der Waals surface area contributed by atoms with Gasteiger partial charge in [0.2, 0.25) is 5.91 Å². The van der Waals surface area contributed by atoms with Crippen molar-refractivity contribution in [2.24, 2.45) is 17.3 Å². The minimum atomic E-state index is -0.380. The average Bonchev–Trinajstić information content (AvgIpc) is 3.26. The van der Waals surface area contributed by atoms with Crippen molar-refractivity contribution in [1.82, 2.24) is 15.1 Å². The topological polar surface area (TPSA) is 71.6 Å². The molecule has 0 saturated heterocycles. The van der Waals surface area contributed by atoms with E-state index in [9.17, 15) is 4.79 Å². The van der Waals surface area contributed by atoms with Crippen LogP contribution in [0.15, 0.2) is 10.2 Å². The Hall–Kier alpha value is -2.16. The summed E-state index contributed by atoms with van der Waals surface area (Å²) in [5, 5.41) is 15.7. The summed E-state index contributed by atoms with van der Waals surface area (Å²) in [6, 6.07) is 0. The predicted molar refractivity (Wildman–Crippen MR) is 86.6 cm³/mol. The van der Waals surface area contributed by atoms with Crippen molar-refractivity contribution in [3.05, 3.63) is 17.0 Å². The number of fused-ring (bicyclic) bond motifs is 1. The number of aromatic nitrogens is 2. The number of carbonyl (C=O) groups excluding carboxylic acids is 1. The fourth-order valence-corrected chi connectivity index (χ4v) is 3.22. The Morgan fingerprint density at radius 1 is 1.35 bits per heavy atom. The standard InChI is InChI=1S/C17H23N5O/c1-3-4-10-17(20-21-17)11-9-16(23)18-12-15-13-7-5-6-8-14(13)19-22(15)2/h1H,4-12H2,2H3,(H,18,23). The van der Waals surface area contributed by atoms with E-state index < -0.39 is 0 Å². The largest absolute Gasteiger partial charge is 0.350 e. The van der Waals surface area contributed by atoms with Crippen molar-refractivity contribution in [2.75, 3.05) is 0 Å². The van der Waals surface area contributed by atoms with Crippen LogP contribution in [-0.4, -0.2) is 21.4 Å². The summed E-state index contributed by atoms with van der Waals surface area (Å²) in [6.45, 7) is 0.545. The summed E-state index contributed by atoms with van der Waals surface area (Å²) in [5.74, 6) is 2.64. The Balaban J connectivity index is 1.48. The lowest BCUT2D eigenvalue weighted by atomic mass is 9.96. The molecule has 0 radical (unpaired) electrons. The minimum Gasteiger partial charge on any atom is -0.350 e. The Kier molecular flexibility index (Phi) is 4.46. The van der Waals surface area contributed by atoms with Gasteiger partial charge in [0.15, 0.2) is 5.66 Å². The first-order valence-electron chi connectivity index (χ1n) is 8.31. The smallest absolute Gasteiger partial charge is 0.220 e.